The molecule has 0 bridgehead atoms. The molecule has 0 aliphatic carbocycles. The fraction of sp³-hybridized carbons (Fsp3) is 0.217. The van der Waals surface area contributed by atoms with Crippen molar-refractivity contribution in [1.82, 2.24) is 34.8 Å². The van der Waals surface area contributed by atoms with Crippen molar-refractivity contribution in [3.8, 4) is 5.82 Å². The maximum atomic E-state index is 14.7. The van der Waals surface area contributed by atoms with Crippen LogP contribution in [0, 0.1) is 5.82 Å². The third-order valence-electron chi connectivity index (χ3n) is 5.80. The number of halogens is 1. The number of amides is 1. The smallest absolute Gasteiger partial charge is 0.295 e. The number of nitrogens with one attached hydrogen (secondary N) is 1. The number of benzene rings is 1. The van der Waals surface area contributed by atoms with Crippen molar-refractivity contribution in [1.29, 1.82) is 0 Å². The molecule has 1 aliphatic rings. The summed E-state index contributed by atoms with van der Waals surface area (Å²) in [6.07, 6.45) is 5.32. The van der Waals surface area contributed by atoms with Gasteiger partial charge in [-0.3, -0.25) is 9.59 Å². The van der Waals surface area contributed by atoms with Crippen LogP contribution in [0.1, 0.15) is 15.9 Å². The van der Waals surface area contributed by atoms with Crippen molar-refractivity contribution < 1.29 is 18.8 Å². The van der Waals surface area contributed by atoms with Crippen molar-refractivity contribution in [2.24, 2.45) is 5.16 Å². The molecule has 4 heterocycles. The number of hydrogen-bond donors (Lipinski definition) is 1. The van der Waals surface area contributed by atoms with Gasteiger partial charge in [-0.2, -0.15) is 0 Å². The number of nitrogens with zero attached hydrogens (tertiary/aromatic N) is 7. The number of aromatic nitrogens is 5. The third-order valence-corrected chi connectivity index (χ3v) is 5.80. The second kappa shape index (κ2) is 9.33. The molecule has 1 fully saturated rings. The van der Waals surface area contributed by atoms with Gasteiger partial charge in [0, 0.05) is 37.9 Å². The van der Waals surface area contributed by atoms with Crippen molar-refractivity contribution in [2.75, 3.05) is 33.3 Å². The number of aromatic amines is 1. The molecule has 1 amide bonds. The minimum Gasteiger partial charge on any atom is -0.397 e. The zero-order valence-electron chi connectivity index (χ0n) is 18.8. The van der Waals surface area contributed by atoms with Crippen LogP contribution in [0.2, 0.25) is 0 Å². The molecule has 11 nitrogen and oxygen atoms in total. The Morgan fingerprint density at radius 3 is 2.54 bits per heavy atom. The molecule has 12 heteroatoms. The highest BCUT2D eigenvalue weighted by molar-refractivity contribution is 6.45. The number of carbonyl (C=O) groups is 2. The number of amidine groups is 1. The summed E-state index contributed by atoms with van der Waals surface area (Å²) in [5.74, 6) is -1.29. The van der Waals surface area contributed by atoms with E-state index in [1.165, 1.54) is 29.1 Å². The molecular weight excluding hydrogens is 455 g/mol. The molecule has 0 unspecified atom stereocenters. The summed E-state index contributed by atoms with van der Waals surface area (Å²) < 4.78 is 16.1. The van der Waals surface area contributed by atoms with Gasteiger partial charge in [0.15, 0.2) is 17.5 Å². The van der Waals surface area contributed by atoms with E-state index in [0.29, 0.717) is 32.0 Å². The summed E-state index contributed by atoms with van der Waals surface area (Å²) in [4.78, 5) is 41.6. The van der Waals surface area contributed by atoms with Gasteiger partial charge in [0.2, 0.25) is 0 Å². The number of rotatable bonds is 5. The minimum atomic E-state index is -0.798. The summed E-state index contributed by atoms with van der Waals surface area (Å²) in [5, 5.41) is 11.7. The average molecular weight is 476 g/mol. The number of carbonyl (C=O) groups excluding carboxylic acids is 2. The van der Waals surface area contributed by atoms with Crippen molar-refractivity contribution in [2.45, 2.75) is 0 Å². The van der Waals surface area contributed by atoms with E-state index in [2.05, 4.69) is 25.4 Å². The van der Waals surface area contributed by atoms with Crippen molar-refractivity contribution >= 4 is 28.4 Å². The van der Waals surface area contributed by atoms with Crippen LogP contribution in [0.25, 0.3) is 16.7 Å². The molecule has 5 rings (SSSR count). The number of hydrogen-bond acceptors (Lipinski definition) is 7. The number of oxime groups is 1. The highest BCUT2D eigenvalue weighted by atomic mass is 19.1. The maximum absolute atomic E-state index is 14.7. The van der Waals surface area contributed by atoms with E-state index in [-0.39, 0.29) is 22.3 Å². The summed E-state index contributed by atoms with van der Waals surface area (Å²) in [7, 11) is 1.48. The normalized spacial score (nSPS) is 14.4. The Morgan fingerprint density at radius 1 is 1.11 bits per heavy atom. The summed E-state index contributed by atoms with van der Waals surface area (Å²) >= 11 is 0. The van der Waals surface area contributed by atoms with E-state index in [4.69, 9.17) is 4.84 Å². The first-order valence-corrected chi connectivity index (χ1v) is 10.9. The molecule has 1 N–H and O–H groups in total. The Bertz CT molecular complexity index is 1390. The van der Waals surface area contributed by atoms with Gasteiger partial charge in [-0.05, 0) is 0 Å². The van der Waals surface area contributed by atoms with E-state index in [1.54, 1.807) is 6.20 Å². The number of pyridine rings is 1. The molecular formula is C23H21FN8O3. The molecule has 0 spiro atoms. The van der Waals surface area contributed by atoms with E-state index >= 15 is 0 Å². The third kappa shape index (κ3) is 4.09. The number of piperazine rings is 1. The van der Waals surface area contributed by atoms with Crippen molar-refractivity contribution in [3.05, 3.63) is 72.1 Å². The van der Waals surface area contributed by atoms with E-state index in [0.717, 1.165) is 11.8 Å². The Hall–Kier alpha value is -4.61. The highest BCUT2D eigenvalue weighted by Gasteiger charge is 2.31. The summed E-state index contributed by atoms with van der Waals surface area (Å²) in [5.41, 5.74) is 1.08. The van der Waals surface area contributed by atoms with Gasteiger partial charge in [0.1, 0.15) is 7.11 Å². The number of Topliss-reactive ketones (excluding diaryl/α,β-unsaturated/α-hetero) is 1. The molecule has 35 heavy (non-hydrogen) atoms. The van der Waals surface area contributed by atoms with Crippen LogP contribution in [-0.4, -0.2) is 85.6 Å². The molecule has 1 aliphatic heterocycles. The lowest BCUT2D eigenvalue weighted by Gasteiger charge is -2.35. The van der Waals surface area contributed by atoms with Gasteiger partial charge in [0.25, 0.3) is 11.7 Å². The molecule has 0 saturated carbocycles. The monoisotopic (exact) mass is 476 g/mol. The molecule has 0 atom stereocenters. The number of fused-ring (bicyclic) bond motifs is 1. The zero-order chi connectivity index (χ0) is 24.4. The van der Waals surface area contributed by atoms with Gasteiger partial charge >= 0.3 is 0 Å². The van der Waals surface area contributed by atoms with Crippen molar-refractivity contribution in [3.63, 3.8) is 0 Å². The second-order valence-electron chi connectivity index (χ2n) is 7.80. The minimum absolute atomic E-state index is 0.0129. The maximum Gasteiger partial charge on any atom is 0.295 e. The van der Waals surface area contributed by atoms with Gasteiger partial charge < -0.3 is 19.6 Å². The Labute approximate surface area is 198 Å². The molecule has 4 aromatic rings. The van der Waals surface area contributed by atoms with Crippen LogP contribution in [0.4, 0.5) is 4.39 Å². The topological polar surface area (TPSA) is 122 Å². The molecule has 0 radical (unpaired) electrons. The summed E-state index contributed by atoms with van der Waals surface area (Å²) in [6, 6.07) is 9.57. The lowest BCUT2D eigenvalue weighted by molar-refractivity contribution is -0.127. The summed E-state index contributed by atoms with van der Waals surface area (Å²) in [6.45, 7) is 1.52. The highest BCUT2D eigenvalue weighted by Crippen LogP contribution is 2.26. The molecule has 1 aromatic carbocycles. The second-order valence-corrected chi connectivity index (χ2v) is 7.80. The van der Waals surface area contributed by atoms with Crippen LogP contribution in [-0.2, 0) is 9.63 Å². The van der Waals surface area contributed by atoms with E-state index in [9.17, 15) is 14.0 Å². The SMILES string of the molecule is CO/N=C(\c1ccccc1)N1CCN(C(=O)C(=O)c2c[nH]c3c(-n4ccnn4)ncc(F)c23)CC1. The van der Waals surface area contributed by atoms with Crippen LogP contribution >= 0.6 is 0 Å². The predicted molar refractivity (Wildman–Crippen MR) is 123 cm³/mol. The van der Waals surface area contributed by atoms with Gasteiger partial charge in [-0.15, -0.1) is 5.10 Å². The van der Waals surface area contributed by atoms with E-state index in [1.807, 2.05) is 35.2 Å². The van der Waals surface area contributed by atoms with Crippen LogP contribution in [0.5, 0.6) is 0 Å². The number of ketones is 1. The first-order valence-electron chi connectivity index (χ1n) is 10.9. The van der Waals surface area contributed by atoms with Gasteiger partial charge in [0.05, 0.1) is 35.1 Å². The Morgan fingerprint density at radius 2 is 1.86 bits per heavy atom. The van der Waals surface area contributed by atoms with E-state index < -0.39 is 17.5 Å². The fourth-order valence-corrected chi connectivity index (χ4v) is 4.12. The molecule has 3 aromatic heterocycles. The lowest BCUT2D eigenvalue weighted by Crippen LogP contribution is -2.52. The van der Waals surface area contributed by atoms with Crippen LogP contribution < -0.4 is 0 Å². The van der Waals surface area contributed by atoms with Crippen LogP contribution in [0.15, 0.2) is 60.3 Å². The average Bonchev–Trinajstić information content (AvgIpc) is 3.59. The quantitative estimate of drug-likeness (QED) is 0.153. The zero-order valence-corrected chi connectivity index (χ0v) is 18.8. The largest absolute Gasteiger partial charge is 0.397 e. The number of H-pyrrole nitrogens is 1. The predicted octanol–water partition coefficient (Wildman–Crippen LogP) is 1.62. The first kappa shape index (κ1) is 22.2. The standard InChI is InChI=1S/C23H21FN8O3/c1-35-28-21(15-5-3-2-4-6-15)30-9-11-31(12-10-30)23(34)20(33)16-13-25-19-18(16)17(24)14-26-22(19)32-8-7-27-29-32/h2-8,13-14,25H,9-12H2,1H3/b28-21+. The van der Waals surface area contributed by atoms with Gasteiger partial charge in [-0.25, -0.2) is 14.1 Å². The van der Waals surface area contributed by atoms with Gasteiger partial charge in [-0.1, -0.05) is 40.7 Å². The Balaban J connectivity index is 1.35. The first-order chi connectivity index (χ1) is 17.1. The fourth-order valence-electron chi connectivity index (χ4n) is 4.12. The van der Waals surface area contributed by atoms with Crippen LogP contribution in [0.3, 0.4) is 0 Å². The lowest BCUT2D eigenvalue weighted by atomic mass is 10.1. The molecule has 1 saturated heterocycles. The Kier molecular flexibility index (Phi) is 5.92. The molecule has 178 valence electrons.